The lowest BCUT2D eigenvalue weighted by Gasteiger charge is -2.18. The Kier molecular flexibility index (Phi) is 5.32. The molecule has 0 fully saturated rings. The summed E-state index contributed by atoms with van der Waals surface area (Å²) < 4.78 is 1.02. The number of hydrogen-bond donors (Lipinski definition) is 1. The van der Waals surface area contributed by atoms with Crippen molar-refractivity contribution in [1.82, 2.24) is 10.3 Å². The zero-order valence-electron chi connectivity index (χ0n) is 12.3. The first-order valence-electron chi connectivity index (χ1n) is 7.00. The van der Waals surface area contributed by atoms with Crippen LogP contribution in [0.2, 0.25) is 0 Å². The Morgan fingerprint density at radius 2 is 1.85 bits per heavy atom. The van der Waals surface area contributed by atoms with Crippen LogP contribution in [-0.2, 0) is 6.42 Å². The predicted octanol–water partition coefficient (Wildman–Crippen LogP) is 4.35. The molecule has 0 bridgehead atoms. The van der Waals surface area contributed by atoms with E-state index < -0.39 is 0 Å². The van der Waals surface area contributed by atoms with Crippen molar-refractivity contribution in [2.75, 3.05) is 6.54 Å². The number of benzene rings is 1. The summed E-state index contributed by atoms with van der Waals surface area (Å²) in [5.41, 5.74) is 5.09. The molecule has 0 aliphatic rings. The summed E-state index contributed by atoms with van der Waals surface area (Å²) in [4.78, 5) is 4.53. The van der Waals surface area contributed by atoms with Crippen LogP contribution in [0.25, 0.3) is 0 Å². The van der Waals surface area contributed by atoms with Gasteiger partial charge in [0.2, 0.25) is 0 Å². The van der Waals surface area contributed by atoms with Gasteiger partial charge in [-0.1, -0.05) is 36.2 Å². The van der Waals surface area contributed by atoms with E-state index in [4.69, 9.17) is 0 Å². The second-order valence-electron chi connectivity index (χ2n) is 5.21. The minimum absolute atomic E-state index is 0.259. The molecule has 0 aliphatic heterocycles. The molecule has 1 unspecified atom stereocenters. The normalized spacial score (nSPS) is 12.4. The summed E-state index contributed by atoms with van der Waals surface area (Å²) in [7, 11) is 0. The Morgan fingerprint density at radius 1 is 1.15 bits per heavy atom. The molecular formula is C17H21BrN2. The molecular weight excluding hydrogens is 312 g/mol. The second kappa shape index (κ2) is 7.00. The fourth-order valence-electron chi connectivity index (χ4n) is 2.54. The lowest BCUT2D eigenvalue weighted by molar-refractivity contribution is 0.536. The number of halogens is 1. The number of pyridine rings is 1. The molecule has 2 aromatic rings. The van der Waals surface area contributed by atoms with Crippen LogP contribution in [0.3, 0.4) is 0 Å². The van der Waals surface area contributed by atoms with E-state index in [-0.39, 0.29) is 6.04 Å². The number of rotatable bonds is 5. The van der Waals surface area contributed by atoms with E-state index >= 15 is 0 Å². The SMILES string of the molecule is CCNC(Cc1cc(C)cc(C)c1)c1ccc(Br)cn1. The maximum Gasteiger partial charge on any atom is 0.0577 e. The summed E-state index contributed by atoms with van der Waals surface area (Å²) in [5, 5.41) is 3.53. The molecule has 3 heteroatoms. The van der Waals surface area contributed by atoms with Crippen molar-refractivity contribution in [2.24, 2.45) is 0 Å². The first kappa shape index (κ1) is 15.2. The van der Waals surface area contributed by atoms with Crippen LogP contribution in [0.1, 0.15) is 35.3 Å². The van der Waals surface area contributed by atoms with Gasteiger partial charge in [0, 0.05) is 10.7 Å². The largest absolute Gasteiger partial charge is 0.309 e. The molecule has 1 aromatic carbocycles. The van der Waals surface area contributed by atoms with Gasteiger partial charge < -0.3 is 5.32 Å². The molecule has 0 radical (unpaired) electrons. The Balaban J connectivity index is 2.22. The molecule has 106 valence electrons. The Labute approximate surface area is 129 Å². The summed E-state index contributed by atoms with van der Waals surface area (Å²) in [5.74, 6) is 0. The zero-order valence-corrected chi connectivity index (χ0v) is 13.9. The highest BCUT2D eigenvalue weighted by Gasteiger charge is 2.13. The molecule has 0 aliphatic carbocycles. The molecule has 1 aromatic heterocycles. The molecule has 0 saturated carbocycles. The van der Waals surface area contributed by atoms with Crippen LogP contribution in [0.4, 0.5) is 0 Å². The molecule has 2 rings (SSSR count). The Hall–Kier alpha value is -1.19. The van der Waals surface area contributed by atoms with Crippen LogP contribution in [0.5, 0.6) is 0 Å². The predicted molar refractivity (Wildman–Crippen MR) is 88.0 cm³/mol. The number of likely N-dealkylation sites (N-methyl/N-ethyl adjacent to an activating group) is 1. The van der Waals surface area contributed by atoms with E-state index in [1.165, 1.54) is 16.7 Å². The molecule has 1 N–H and O–H groups in total. The van der Waals surface area contributed by atoms with Crippen LogP contribution in [0.15, 0.2) is 41.0 Å². The summed E-state index contributed by atoms with van der Waals surface area (Å²) >= 11 is 3.44. The van der Waals surface area contributed by atoms with Crippen molar-refractivity contribution >= 4 is 15.9 Å². The number of nitrogens with one attached hydrogen (secondary N) is 1. The van der Waals surface area contributed by atoms with Crippen molar-refractivity contribution in [3.05, 3.63) is 63.4 Å². The van der Waals surface area contributed by atoms with Crippen molar-refractivity contribution in [3.63, 3.8) is 0 Å². The molecule has 1 atom stereocenters. The molecule has 0 spiro atoms. The minimum Gasteiger partial charge on any atom is -0.309 e. The van der Waals surface area contributed by atoms with Crippen molar-refractivity contribution in [3.8, 4) is 0 Å². The number of aryl methyl sites for hydroxylation is 2. The average Bonchev–Trinajstić information content (AvgIpc) is 2.38. The van der Waals surface area contributed by atoms with E-state index in [0.717, 1.165) is 23.1 Å². The van der Waals surface area contributed by atoms with E-state index in [0.29, 0.717) is 0 Å². The van der Waals surface area contributed by atoms with Crippen LogP contribution < -0.4 is 5.32 Å². The van der Waals surface area contributed by atoms with Crippen LogP contribution in [-0.4, -0.2) is 11.5 Å². The quantitative estimate of drug-likeness (QED) is 0.880. The van der Waals surface area contributed by atoms with Crippen molar-refractivity contribution < 1.29 is 0 Å². The molecule has 1 heterocycles. The smallest absolute Gasteiger partial charge is 0.0577 e. The van der Waals surface area contributed by atoms with Crippen molar-refractivity contribution in [2.45, 2.75) is 33.2 Å². The van der Waals surface area contributed by atoms with Gasteiger partial charge in [-0.15, -0.1) is 0 Å². The van der Waals surface area contributed by atoms with Gasteiger partial charge in [0.15, 0.2) is 0 Å². The summed E-state index contributed by atoms with van der Waals surface area (Å²) in [6.45, 7) is 7.37. The van der Waals surface area contributed by atoms with E-state index in [1.807, 2.05) is 12.3 Å². The first-order valence-corrected chi connectivity index (χ1v) is 7.80. The highest BCUT2D eigenvalue weighted by molar-refractivity contribution is 9.10. The summed E-state index contributed by atoms with van der Waals surface area (Å²) in [6.07, 6.45) is 2.83. The average molecular weight is 333 g/mol. The number of aromatic nitrogens is 1. The van der Waals surface area contributed by atoms with Crippen LogP contribution in [0, 0.1) is 13.8 Å². The van der Waals surface area contributed by atoms with Gasteiger partial charge >= 0.3 is 0 Å². The topological polar surface area (TPSA) is 24.9 Å². The fraction of sp³-hybridized carbons (Fsp3) is 0.353. The van der Waals surface area contributed by atoms with Gasteiger partial charge in [0.1, 0.15) is 0 Å². The van der Waals surface area contributed by atoms with Gasteiger partial charge in [0.05, 0.1) is 11.7 Å². The maximum atomic E-state index is 4.53. The molecule has 20 heavy (non-hydrogen) atoms. The number of hydrogen-bond acceptors (Lipinski definition) is 2. The van der Waals surface area contributed by atoms with E-state index in [1.54, 1.807) is 0 Å². The maximum absolute atomic E-state index is 4.53. The van der Waals surface area contributed by atoms with Crippen molar-refractivity contribution in [1.29, 1.82) is 0 Å². The molecule has 2 nitrogen and oxygen atoms in total. The second-order valence-corrected chi connectivity index (χ2v) is 6.13. The van der Waals surface area contributed by atoms with Gasteiger partial charge in [-0.3, -0.25) is 4.98 Å². The molecule has 0 saturated heterocycles. The van der Waals surface area contributed by atoms with Gasteiger partial charge in [-0.25, -0.2) is 0 Å². The lowest BCUT2D eigenvalue weighted by Crippen LogP contribution is -2.23. The summed E-state index contributed by atoms with van der Waals surface area (Å²) in [6, 6.07) is 11.1. The zero-order chi connectivity index (χ0) is 14.5. The first-order chi connectivity index (χ1) is 9.58. The Morgan fingerprint density at radius 3 is 2.40 bits per heavy atom. The third-order valence-corrected chi connectivity index (χ3v) is 3.75. The minimum atomic E-state index is 0.259. The van der Waals surface area contributed by atoms with E-state index in [9.17, 15) is 0 Å². The van der Waals surface area contributed by atoms with Gasteiger partial charge in [0.25, 0.3) is 0 Å². The standard InChI is InChI=1S/C17H21BrN2/c1-4-19-17(16-6-5-15(18)11-20-16)10-14-8-12(2)7-13(3)9-14/h5-9,11,17,19H,4,10H2,1-3H3. The highest BCUT2D eigenvalue weighted by Crippen LogP contribution is 2.20. The van der Waals surface area contributed by atoms with E-state index in [2.05, 4.69) is 71.3 Å². The van der Waals surface area contributed by atoms with Gasteiger partial charge in [-0.05, 0) is 60.4 Å². The lowest BCUT2D eigenvalue weighted by atomic mass is 9.99. The fourth-order valence-corrected chi connectivity index (χ4v) is 2.78. The number of nitrogens with zero attached hydrogens (tertiary/aromatic N) is 1. The Bertz CT molecular complexity index is 543. The third-order valence-electron chi connectivity index (χ3n) is 3.28. The van der Waals surface area contributed by atoms with Crippen LogP contribution >= 0.6 is 15.9 Å². The highest BCUT2D eigenvalue weighted by atomic mass is 79.9. The van der Waals surface area contributed by atoms with Gasteiger partial charge in [-0.2, -0.15) is 0 Å². The molecule has 0 amide bonds. The third kappa shape index (κ3) is 4.15. The monoisotopic (exact) mass is 332 g/mol.